The van der Waals surface area contributed by atoms with Crippen LogP contribution in [0.3, 0.4) is 0 Å². The standard InChI is InChI=1S/C11H11ClN4O3/c12-8-3-13-4-9(14-8)15-10(17)7-2-5-1-6(5)16(7)11(18)19/h3-7H,1-2H2,(H,18,19)(H,14,15,17). The van der Waals surface area contributed by atoms with Gasteiger partial charge in [-0.25, -0.2) is 9.78 Å². The lowest BCUT2D eigenvalue weighted by atomic mass is 10.1. The van der Waals surface area contributed by atoms with Crippen LogP contribution in [0.5, 0.6) is 0 Å². The van der Waals surface area contributed by atoms with Crippen LogP contribution in [-0.2, 0) is 4.79 Å². The first-order valence-electron chi connectivity index (χ1n) is 5.86. The number of rotatable bonds is 2. The van der Waals surface area contributed by atoms with Crippen LogP contribution in [0, 0.1) is 5.92 Å². The third-order valence-electron chi connectivity index (χ3n) is 3.48. The highest BCUT2D eigenvalue weighted by atomic mass is 35.5. The van der Waals surface area contributed by atoms with Crippen molar-refractivity contribution in [3.63, 3.8) is 0 Å². The van der Waals surface area contributed by atoms with E-state index < -0.39 is 12.1 Å². The van der Waals surface area contributed by atoms with Gasteiger partial charge in [-0.1, -0.05) is 11.6 Å². The Morgan fingerprint density at radius 2 is 2.21 bits per heavy atom. The number of amides is 2. The van der Waals surface area contributed by atoms with Crippen LogP contribution in [0.15, 0.2) is 12.4 Å². The number of halogens is 1. The van der Waals surface area contributed by atoms with Crippen LogP contribution in [-0.4, -0.2) is 44.1 Å². The smallest absolute Gasteiger partial charge is 0.408 e. The molecule has 2 aliphatic rings. The highest BCUT2D eigenvalue weighted by molar-refractivity contribution is 6.29. The average Bonchev–Trinajstić information content (AvgIpc) is 2.99. The van der Waals surface area contributed by atoms with Gasteiger partial charge in [0, 0.05) is 6.04 Å². The number of hydrogen-bond donors (Lipinski definition) is 2. The molecular weight excluding hydrogens is 272 g/mol. The number of hydrogen-bond acceptors (Lipinski definition) is 4. The van der Waals surface area contributed by atoms with Gasteiger partial charge in [-0.2, -0.15) is 0 Å². The highest BCUT2D eigenvalue weighted by Crippen LogP contribution is 2.47. The SMILES string of the molecule is O=C(Nc1cncc(Cl)n1)C1CC2CC2N1C(=O)O. The van der Waals surface area contributed by atoms with Gasteiger partial charge in [0.15, 0.2) is 5.82 Å². The second-order valence-corrected chi connectivity index (χ2v) is 5.11. The van der Waals surface area contributed by atoms with E-state index in [0.29, 0.717) is 12.3 Å². The molecule has 0 aromatic carbocycles. The van der Waals surface area contributed by atoms with E-state index in [1.165, 1.54) is 17.3 Å². The number of carbonyl (C=O) groups excluding carboxylic acids is 1. The summed E-state index contributed by atoms with van der Waals surface area (Å²) in [7, 11) is 0. The minimum absolute atomic E-state index is 0.00121. The molecule has 1 saturated heterocycles. The number of fused-ring (bicyclic) bond motifs is 1. The zero-order valence-electron chi connectivity index (χ0n) is 9.78. The van der Waals surface area contributed by atoms with Crippen molar-refractivity contribution < 1.29 is 14.7 Å². The summed E-state index contributed by atoms with van der Waals surface area (Å²) in [6.45, 7) is 0. The number of likely N-dealkylation sites (tertiary alicyclic amines) is 1. The van der Waals surface area contributed by atoms with Gasteiger partial charge in [-0.15, -0.1) is 0 Å². The molecule has 8 heteroatoms. The number of piperidine rings is 1. The van der Waals surface area contributed by atoms with E-state index in [9.17, 15) is 9.59 Å². The summed E-state index contributed by atoms with van der Waals surface area (Å²) in [6, 6.07) is -0.652. The molecule has 3 rings (SSSR count). The Hall–Kier alpha value is -1.89. The Morgan fingerprint density at radius 3 is 2.89 bits per heavy atom. The molecule has 19 heavy (non-hydrogen) atoms. The molecule has 7 nitrogen and oxygen atoms in total. The van der Waals surface area contributed by atoms with Crippen LogP contribution >= 0.6 is 11.6 Å². The van der Waals surface area contributed by atoms with Crippen LogP contribution < -0.4 is 5.32 Å². The third-order valence-corrected chi connectivity index (χ3v) is 3.67. The molecule has 1 aliphatic carbocycles. The van der Waals surface area contributed by atoms with Gasteiger partial charge in [-0.3, -0.25) is 14.7 Å². The van der Waals surface area contributed by atoms with E-state index in [-0.39, 0.29) is 22.9 Å². The molecule has 2 fully saturated rings. The molecule has 2 amide bonds. The fourth-order valence-electron chi connectivity index (χ4n) is 2.58. The monoisotopic (exact) mass is 282 g/mol. The lowest BCUT2D eigenvalue weighted by Crippen LogP contribution is -2.44. The third kappa shape index (κ3) is 2.21. The number of carbonyl (C=O) groups is 2. The second kappa shape index (κ2) is 4.34. The Morgan fingerprint density at radius 1 is 1.42 bits per heavy atom. The highest BCUT2D eigenvalue weighted by Gasteiger charge is 2.56. The summed E-state index contributed by atoms with van der Waals surface area (Å²) < 4.78 is 0. The van der Waals surface area contributed by atoms with Crippen LogP contribution in [0.25, 0.3) is 0 Å². The van der Waals surface area contributed by atoms with E-state index in [0.717, 1.165) is 6.42 Å². The first kappa shape index (κ1) is 12.2. The van der Waals surface area contributed by atoms with Crippen molar-refractivity contribution in [3.05, 3.63) is 17.5 Å². The summed E-state index contributed by atoms with van der Waals surface area (Å²) in [4.78, 5) is 32.2. The molecule has 3 atom stereocenters. The summed E-state index contributed by atoms with van der Waals surface area (Å²) in [5.74, 6) is 0.159. The largest absolute Gasteiger partial charge is 0.465 e. The molecule has 3 unspecified atom stereocenters. The van der Waals surface area contributed by atoms with Gasteiger partial charge in [0.1, 0.15) is 11.2 Å². The molecular formula is C11H11ClN4O3. The van der Waals surface area contributed by atoms with Crippen molar-refractivity contribution in [1.29, 1.82) is 0 Å². The number of nitrogens with zero attached hydrogens (tertiary/aromatic N) is 3. The van der Waals surface area contributed by atoms with E-state index in [2.05, 4.69) is 15.3 Å². The van der Waals surface area contributed by atoms with Gasteiger partial charge in [0.2, 0.25) is 5.91 Å². The van der Waals surface area contributed by atoms with Crippen LogP contribution in [0.1, 0.15) is 12.8 Å². The van der Waals surface area contributed by atoms with Gasteiger partial charge in [-0.05, 0) is 18.8 Å². The molecule has 2 N–H and O–H groups in total. The normalized spacial score (nSPS) is 27.8. The minimum Gasteiger partial charge on any atom is -0.465 e. The molecule has 0 bridgehead atoms. The zero-order valence-corrected chi connectivity index (χ0v) is 10.5. The summed E-state index contributed by atoms with van der Waals surface area (Å²) >= 11 is 5.67. The lowest BCUT2D eigenvalue weighted by molar-refractivity contribution is -0.120. The van der Waals surface area contributed by atoms with Crippen LogP contribution in [0.4, 0.5) is 10.6 Å². The first-order valence-corrected chi connectivity index (χ1v) is 6.23. The second-order valence-electron chi connectivity index (χ2n) is 4.72. The maximum atomic E-state index is 12.1. The maximum Gasteiger partial charge on any atom is 0.408 e. The van der Waals surface area contributed by atoms with Crippen molar-refractivity contribution >= 4 is 29.4 Å². The van der Waals surface area contributed by atoms with Gasteiger partial charge in [0.05, 0.1) is 12.4 Å². The van der Waals surface area contributed by atoms with Crippen LogP contribution in [0.2, 0.25) is 5.15 Å². The number of nitrogens with one attached hydrogen (secondary N) is 1. The zero-order chi connectivity index (χ0) is 13.6. The summed E-state index contributed by atoms with van der Waals surface area (Å²) in [5, 5.41) is 11.9. The molecule has 1 aromatic heterocycles. The Bertz CT molecular complexity index is 552. The van der Waals surface area contributed by atoms with E-state index >= 15 is 0 Å². The van der Waals surface area contributed by atoms with Crippen molar-refractivity contribution in [2.45, 2.75) is 24.9 Å². The molecule has 2 heterocycles. The predicted octanol–water partition coefficient (Wildman–Crippen LogP) is 1.21. The van der Waals surface area contributed by atoms with Gasteiger partial charge < -0.3 is 10.4 Å². The molecule has 0 radical (unpaired) electrons. The van der Waals surface area contributed by atoms with Crippen molar-refractivity contribution in [1.82, 2.24) is 14.9 Å². The lowest BCUT2D eigenvalue weighted by Gasteiger charge is -2.23. The van der Waals surface area contributed by atoms with Gasteiger partial charge in [0.25, 0.3) is 0 Å². The molecule has 1 saturated carbocycles. The summed E-state index contributed by atoms with van der Waals surface area (Å²) in [5.41, 5.74) is 0. The number of carboxylic acid groups (broad SMARTS) is 1. The number of aromatic nitrogens is 2. The topological polar surface area (TPSA) is 95.4 Å². The number of anilines is 1. The van der Waals surface area contributed by atoms with Crippen molar-refractivity contribution in [2.75, 3.05) is 5.32 Å². The van der Waals surface area contributed by atoms with E-state index in [4.69, 9.17) is 16.7 Å². The van der Waals surface area contributed by atoms with E-state index in [1.807, 2.05) is 0 Å². The predicted molar refractivity (Wildman–Crippen MR) is 65.8 cm³/mol. The fraction of sp³-hybridized carbons (Fsp3) is 0.455. The fourth-order valence-corrected chi connectivity index (χ4v) is 2.72. The average molecular weight is 283 g/mol. The minimum atomic E-state index is -1.05. The Labute approximate surface area is 113 Å². The molecule has 0 spiro atoms. The Balaban J connectivity index is 1.72. The van der Waals surface area contributed by atoms with Crippen molar-refractivity contribution in [2.24, 2.45) is 5.92 Å². The van der Waals surface area contributed by atoms with Crippen molar-refractivity contribution in [3.8, 4) is 0 Å². The Kier molecular flexibility index (Phi) is 2.78. The maximum absolute atomic E-state index is 12.1. The molecule has 1 aromatic rings. The molecule has 100 valence electrons. The van der Waals surface area contributed by atoms with E-state index in [1.54, 1.807) is 0 Å². The van der Waals surface area contributed by atoms with Gasteiger partial charge >= 0.3 is 6.09 Å². The first-order chi connectivity index (χ1) is 9.06. The quantitative estimate of drug-likeness (QED) is 0.850. The molecule has 1 aliphatic heterocycles. The summed E-state index contributed by atoms with van der Waals surface area (Å²) in [6.07, 6.45) is 3.09.